The summed E-state index contributed by atoms with van der Waals surface area (Å²) in [5, 5.41) is 11.7. The average Bonchev–Trinajstić information content (AvgIpc) is 2.68. The zero-order valence-electron chi connectivity index (χ0n) is 8.85. The topological polar surface area (TPSA) is 33.1 Å². The number of nitrogens with zero attached hydrogens (tertiary/aromatic N) is 1. The molecule has 16 heavy (non-hydrogen) atoms. The minimum atomic E-state index is -0.479. The molecule has 0 aliphatic rings. The summed E-state index contributed by atoms with van der Waals surface area (Å²) in [7, 11) is 0. The van der Waals surface area contributed by atoms with E-state index in [2.05, 4.69) is 4.98 Å². The lowest BCUT2D eigenvalue weighted by Crippen LogP contribution is -1.99. The number of thiazole rings is 1. The van der Waals surface area contributed by atoms with Gasteiger partial charge in [0.2, 0.25) is 0 Å². The number of hydrogen-bond donors (Lipinski definition) is 1. The predicted octanol–water partition coefficient (Wildman–Crippen LogP) is 3.38. The smallest absolute Gasteiger partial charge is 0.0938 e. The summed E-state index contributed by atoms with van der Waals surface area (Å²) >= 11 is 7.33. The second-order valence-electron chi connectivity index (χ2n) is 3.63. The minimum Gasteiger partial charge on any atom is -0.387 e. The van der Waals surface area contributed by atoms with Gasteiger partial charge in [-0.05, 0) is 24.6 Å². The zero-order valence-corrected chi connectivity index (χ0v) is 10.4. The van der Waals surface area contributed by atoms with Crippen LogP contribution in [-0.4, -0.2) is 10.1 Å². The van der Waals surface area contributed by atoms with Crippen LogP contribution < -0.4 is 0 Å². The molecule has 0 aliphatic heterocycles. The molecule has 1 unspecified atom stereocenters. The first kappa shape index (κ1) is 11.6. The lowest BCUT2D eigenvalue weighted by molar-refractivity contribution is 0.182. The van der Waals surface area contributed by atoms with E-state index in [-0.39, 0.29) is 0 Å². The highest BCUT2D eigenvalue weighted by atomic mass is 35.5. The Morgan fingerprint density at radius 3 is 2.62 bits per heavy atom. The van der Waals surface area contributed by atoms with Gasteiger partial charge in [-0.25, -0.2) is 4.98 Å². The molecule has 0 fully saturated rings. The van der Waals surface area contributed by atoms with Gasteiger partial charge in [0, 0.05) is 17.6 Å². The Morgan fingerprint density at radius 2 is 2.06 bits per heavy atom. The highest BCUT2D eigenvalue weighted by Crippen LogP contribution is 2.24. The second kappa shape index (κ2) is 4.95. The molecule has 1 N–H and O–H groups in total. The molecule has 1 aromatic heterocycles. The molecular formula is C12H12ClNOS. The maximum absolute atomic E-state index is 9.99. The minimum absolute atomic E-state index is 0.479. The quantitative estimate of drug-likeness (QED) is 0.910. The Balaban J connectivity index is 2.07. The van der Waals surface area contributed by atoms with Gasteiger partial charge in [-0.15, -0.1) is 11.3 Å². The first-order valence-electron chi connectivity index (χ1n) is 5.00. The van der Waals surface area contributed by atoms with Crippen molar-refractivity contribution < 1.29 is 5.11 Å². The molecule has 2 aromatic rings. The van der Waals surface area contributed by atoms with Gasteiger partial charge in [-0.3, -0.25) is 0 Å². The zero-order chi connectivity index (χ0) is 11.5. The maximum atomic E-state index is 9.99. The fraction of sp³-hybridized carbons (Fsp3) is 0.250. The van der Waals surface area contributed by atoms with Crippen LogP contribution in [0.25, 0.3) is 0 Å². The molecule has 0 saturated heterocycles. The molecule has 0 saturated carbocycles. The van der Waals surface area contributed by atoms with E-state index in [1.165, 1.54) is 11.3 Å². The SMILES string of the molecule is Cc1ncc(C(O)Cc2ccc(Cl)cc2)s1. The van der Waals surface area contributed by atoms with E-state index >= 15 is 0 Å². The lowest BCUT2D eigenvalue weighted by atomic mass is 10.1. The van der Waals surface area contributed by atoms with E-state index in [0.717, 1.165) is 15.4 Å². The van der Waals surface area contributed by atoms with Crippen molar-refractivity contribution in [2.75, 3.05) is 0 Å². The highest BCUT2D eigenvalue weighted by molar-refractivity contribution is 7.11. The fourth-order valence-corrected chi connectivity index (χ4v) is 2.37. The monoisotopic (exact) mass is 253 g/mol. The second-order valence-corrected chi connectivity index (χ2v) is 5.33. The summed E-state index contributed by atoms with van der Waals surface area (Å²) in [6, 6.07) is 7.53. The molecule has 0 aliphatic carbocycles. The molecule has 0 amide bonds. The molecule has 1 aromatic carbocycles. The molecular weight excluding hydrogens is 242 g/mol. The molecule has 0 bridgehead atoms. The van der Waals surface area contributed by atoms with E-state index in [0.29, 0.717) is 11.4 Å². The summed E-state index contributed by atoms with van der Waals surface area (Å²) in [6.07, 6.45) is 1.85. The van der Waals surface area contributed by atoms with Gasteiger partial charge in [0.05, 0.1) is 16.0 Å². The van der Waals surface area contributed by atoms with Crippen LogP contribution in [0.15, 0.2) is 30.5 Å². The van der Waals surface area contributed by atoms with Crippen molar-refractivity contribution in [3.05, 3.63) is 50.9 Å². The van der Waals surface area contributed by atoms with Crippen molar-refractivity contribution >= 4 is 22.9 Å². The Kier molecular flexibility index (Phi) is 3.59. The highest BCUT2D eigenvalue weighted by Gasteiger charge is 2.11. The van der Waals surface area contributed by atoms with Crippen LogP contribution in [0.2, 0.25) is 5.02 Å². The van der Waals surface area contributed by atoms with Crippen molar-refractivity contribution in [1.29, 1.82) is 0 Å². The van der Waals surface area contributed by atoms with Crippen molar-refractivity contribution in [3.8, 4) is 0 Å². The van der Waals surface area contributed by atoms with Crippen LogP contribution in [0.5, 0.6) is 0 Å². The summed E-state index contributed by atoms with van der Waals surface area (Å²) in [5.41, 5.74) is 1.07. The Labute approximate surface area is 104 Å². The third-order valence-corrected chi connectivity index (χ3v) is 3.58. The first-order valence-corrected chi connectivity index (χ1v) is 6.19. The standard InChI is InChI=1S/C12H12ClNOS/c1-8-14-7-12(16-8)11(15)6-9-2-4-10(13)5-3-9/h2-5,7,11,15H,6H2,1H3. The van der Waals surface area contributed by atoms with Gasteiger partial charge in [0.25, 0.3) is 0 Å². The number of rotatable bonds is 3. The Bertz CT molecular complexity index is 466. The number of aromatic nitrogens is 1. The van der Waals surface area contributed by atoms with Crippen LogP contribution >= 0.6 is 22.9 Å². The summed E-state index contributed by atoms with van der Waals surface area (Å²) < 4.78 is 0. The van der Waals surface area contributed by atoms with E-state index < -0.39 is 6.10 Å². The van der Waals surface area contributed by atoms with Crippen LogP contribution in [0, 0.1) is 6.92 Å². The Hall–Kier alpha value is -0.900. The van der Waals surface area contributed by atoms with E-state index in [9.17, 15) is 5.11 Å². The van der Waals surface area contributed by atoms with Crippen LogP contribution in [0.3, 0.4) is 0 Å². The third-order valence-electron chi connectivity index (χ3n) is 2.31. The predicted molar refractivity (Wildman–Crippen MR) is 67.0 cm³/mol. The van der Waals surface area contributed by atoms with Gasteiger partial charge in [-0.1, -0.05) is 23.7 Å². The molecule has 2 nitrogen and oxygen atoms in total. The molecule has 84 valence electrons. The molecule has 0 spiro atoms. The van der Waals surface area contributed by atoms with Crippen molar-refractivity contribution in [3.63, 3.8) is 0 Å². The van der Waals surface area contributed by atoms with Crippen molar-refractivity contribution in [1.82, 2.24) is 4.98 Å². The van der Waals surface area contributed by atoms with Gasteiger partial charge >= 0.3 is 0 Å². The normalized spacial score (nSPS) is 12.7. The van der Waals surface area contributed by atoms with Crippen LogP contribution in [0.1, 0.15) is 21.6 Å². The van der Waals surface area contributed by atoms with Crippen molar-refractivity contribution in [2.24, 2.45) is 0 Å². The molecule has 1 heterocycles. The number of benzene rings is 1. The molecule has 1 atom stereocenters. The van der Waals surface area contributed by atoms with E-state index in [4.69, 9.17) is 11.6 Å². The van der Waals surface area contributed by atoms with Crippen LogP contribution in [0.4, 0.5) is 0 Å². The van der Waals surface area contributed by atoms with Gasteiger partial charge in [0.1, 0.15) is 0 Å². The average molecular weight is 254 g/mol. The van der Waals surface area contributed by atoms with Gasteiger partial charge < -0.3 is 5.11 Å². The van der Waals surface area contributed by atoms with E-state index in [1.54, 1.807) is 6.20 Å². The first-order chi connectivity index (χ1) is 7.65. The summed E-state index contributed by atoms with van der Waals surface area (Å²) in [4.78, 5) is 5.04. The Morgan fingerprint density at radius 1 is 1.38 bits per heavy atom. The number of aliphatic hydroxyl groups excluding tert-OH is 1. The number of aryl methyl sites for hydroxylation is 1. The molecule has 4 heteroatoms. The lowest BCUT2D eigenvalue weighted by Gasteiger charge is -2.07. The van der Waals surface area contributed by atoms with Crippen molar-refractivity contribution in [2.45, 2.75) is 19.4 Å². The largest absolute Gasteiger partial charge is 0.387 e. The fourth-order valence-electron chi connectivity index (χ4n) is 1.48. The summed E-state index contributed by atoms with van der Waals surface area (Å²) in [5.74, 6) is 0. The summed E-state index contributed by atoms with van der Waals surface area (Å²) in [6.45, 7) is 1.93. The number of hydrogen-bond acceptors (Lipinski definition) is 3. The third kappa shape index (κ3) is 2.82. The number of halogens is 1. The van der Waals surface area contributed by atoms with Crippen LogP contribution in [-0.2, 0) is 6.42 Å². The van der Waals surface area contributed by atoms with E-state index in [1.807, 2.05) is 31.2 Å². The maximum Gasteiger partial charge on any atom is 0.0938 e. The number of aliphatic hydroxyl groups is 1. The van der Waals surface area contributed by atoms with Gasteiger partial charge in [-0.2, -0.15) is 0 Å². The molecule has 2 rings (SSSR count). The molecule has 0 radical (unpaired) electrons. The van der Waals surface area contributed by atoms with Gasteiger partial charge in [0.15, 0.2) is 0 Å².